The third-order valence-corrected chi connectivity index (χ3v) is 22.9. The number of benzene rings is 7. The molecule has 12 atom stereocenters. The van der Waals surface area contributed by atoms with Crippen LogP contribution in [0.25, 0.3) is 21.5 Å². The first-order valence-electron chi connectivity index (χ1n) is 39.0. The second kappa shape index (κ2) is 34.0. The van der Waals surface area contributed by atoms with Crippen LogP contribution in [0.3, 0.4) is 0 Å². The first-order chi connectivity index (χ1) is 48.5. The summed E-state index contributed by atoms with van der Waals surface area (Å²) >= 11 is 0. The van der Waals surface area contributed by atoms with Crippen molar-refractivity contribution in [3.63, 3.8) is 0 Å². The molecule has 1 saturated carbocycles. The Morgan fingerprint density at radius 2 is 0.893 bits per heavy atom. The van der Waals surface area contributed by atoms with E-state index in [4.69, 9.17) is 42.6 Å². The van der Waals surface area contributed by atoms with Gasteiger partial charge in [-0.3, -0.25) is 0 Å². The van der Waals surface area contributed by atoms with E-state index in [0.717, 1.165) is 53.1 Å². The number of fused-ring (bicyclic) bond motifs is 3. The molecule has 6 aliphatic rings. The minimum absolute atomic E-state index is 0.0684. The van der Waals surface area contributed by atoms with Crippen LogP contribution < -0.4 is 23.7 Å². The van der Waals surface area contributed by atoms with Crippen molar-refractivity contribution in [2.45, 2.75) is 294 Å². The number of rotatable bonds is 16. The lowest BCUT2D eigenvalue weighted by molar-refractivity contribution is -0.157. The monoisotopic (exact) mass is 1410 g/mol. The molecule has 7 aromatic rings. The van der Waals surface area contributed by atoms with E-state index in [-0.39, 0.29) is 30.8 Å². The van der Waals surface area contributed by atoms with E-state index in [1.165, 1.54) is 117 Å². The van der Waals surface area contributed by atoms with Crippen molar-refractivity contribution in [2.24, 2.45) is 29.6 Å². The van der Waals surface area contributed by atoms with Crippen LogP contribution in [0.5, 0.6) is 28.7 Å². The molecule has 0 amide bonds. The summed E-state index contributed by atoms with van der Waals surface area (Å²) in [6, 6.07) is 40.5. The van der Waals surface area contributed by atoms with Gasteiger partial charge in [0.25, 0.3) is 0 Å². The lowest BCUT2D eigenvalue weighted by atomic mass is 9.94. The molecule has 103 heavy (non-hydrogen) atoms. The smallest absolute Gasteiger partial charge is 0.487 e. The van der Waals surface area contributed by atoms with Crippen LogP contribution in [0, 0.1) is 29.6 Å². The molecule has 1 fully saturated rings. The minimum atomic E-state index is -0.647. The van der Waals surface area contributed by atoms with Gasteiger partial charge < -0.3 is 42.6 Å². The van der Waals surface area contributed by atoms with Gasteiger partial charge in [0, 0.05) is 29.7 Å². The summed E-state index contributed by atoms with van der Waals surface area (Å²) in [5.74, 6) is 10.8. The fraction of sp³-hybridized carbons (Fsp3) is 0.565. The Bertz CT molecular complexity index is 3980. The fourth-order valence-electron chi connectivity index (χ4n) is 15.6. The number of methoxy groups -OCH3 is 1. The van der Waals surface area contributed by atoms with Gasteiger partial charge in [-0.15, -0.1) is 0 Å². The topological polar surface area (TPSA) is 117 Å². The number of esters is 1. The van der Waals surface area contributed by atoms with Crippen LogP contribution in [0.1, 0.15) is 295 Å². The van der Waals surface area contributed by atoms with Crippen molar-refractivity contribution < 1.29 is 52.2 Å². The Morgan fingerprint density at radius 1 is 0.456 bits per heavy atom. The van der Waals surface area contributed by atoms with E-state index >= 15 is 0 Å². The van der Waals surface area contributed by atoms with Crippen LogP contribution in [-0.4, -0.2) is 61.3 Å². The first-order valence-corrected chi connectivity index (χ1v) is 39.0. The van der Waals surface area contributed by atoms with Crippen molar-refractivity contribution in [3.05, 3.63) is 171 Å². The van der Waals surface area contributed by atoms with Crippen molar-refractivity contribution in [1.29, 1.82) is 0 Å². The summed E-state index contributed by atoms with van der Waals surface area (Å²) in [5, 5.41) is 5.07. The highest BCUT2D eigenvalue weighted by atomic mass is 16.7. The van der Waals surface area contributed by atoms with Crippen LogP contribution >= 0.6 is 0 Å². The maximum absolute atomic E-state index is 11.9. The van der Waals surface area contributed by atoms with E-state index in [2.05, 4.69) is 215 Å². The van der Waals surface area contributed by atoms with E-state index in [0.29, 0.717) is 71.0 Å². The number of hydrogen-bond acceptors (Lipinski definition) is 11. The Kier molecular flexibility index (Phi) is 26.4. The molecule has 11 heteroatoms. The van der Waals surface area contributed by atoms with Crippen molar-refractivity contribution in [3.8, 4) is 28.7 Å². The molecule has 11 nitrogen and oxygen atoms in total. The number of carbonyl (C=O) groups is 2. The maximum atomic E-state index is 11.9. The average molecular weight is 1410 g/mol. The largest absolute Gasteiger partial charge is 0.514 e. The third-order valence-electron chi connectivity index (χ3n) is 22.9. The molecule has 560 valence electrons. The van der Waals surface area contributed by atoms with Crippen molar-refractivity contribution in [2.75, 3.05) is 13.7 Å². The molecule has 0 heterocycles. The average Bonchev–Trinajstić information content (AvgIpc) is 1.61. The highest BCUT2D eigenvalue weighted by Gasteiger charge is 2.34. The first kappa shape index (κ1) is 80.0. The molecule has 13 rings (SSSR count). The van der Waals surface area contributed by atoms with Crippen molar-refractivity contribution in [1.82, 2.24) is 0 Å². The van der Waals surface area contributed by atoms with Gasteiger partial charge in [0.2, 0.25) is 12.6 Å². The maximum Gasteiger partial charge on any atom is 0.514 e. The van der Waals surface area contributed by atoms with Gasteiger partial charge >= 0.3 is 12.1 Å². The molecule has 0 N–H and O–H groups in total. The molecule has 7 aromatic carbocycles. The zero-order valence-electron chi connectivity index (χ0n) is 67.2. The molecule has 12 unspecified atom stereocenters. The fourth-order valence-corrected chi connectivity index (χ4v) is 15.6. The zero-order chi connectivity index (χ0) is 75.2. The van der Waals surface area contributed by atoms with Gasteiger partial charge in [0.1, 0.15) is 45.6 Å². The molecule has 0 spiro atoms. The molecule has 6 aliphatic carbocycles. The number of hydrogen-bond donors (Lipinski definition) is 0. The van der Waals surface area contributed by atoms with Crippen LogP contribution in [-0.2, 0) is 43.0 Å². The van der Waals surface area contributed by atoms with E-state index in [9.17, 15) is 9.59 Å². The highest BCUT2D eigenvalue weighted by molar-refractivity contribution is 5.97. The number of ether oxygens (including phenoxy) is 9. The molecule has 0 aliphatic heterocycles. The Hall–Kier alpha value is -7.08. The summed E-state index contributed by atoms with van der Waals surface area (Å²) in [5.41, 5.74) is 13.1. The lowest BCUT2D eigenvalue weighted by Crippen LogP contribution is -2.32. The molecular weight excluding hydrogens is 1280 g/mol. The molecule has 0 aromatic heterocycles. The Morgan fingerprint density at radius 3 is 1.37 bits per heavy atom. The predicted octanol–water partition coefficient (Wildman–Crippen LogP) is 24.4. The normalized spacial score (nSPS) is 22.7. The molecule has 0 saturated heterocycles. The Balaban J connectivity index is 0.000000150. The summed E-state index contributed by atoms with van der Waals surface area (Å²) in [6.45, 7) is 49.0. The zero-order valence-corrected chi connectivity index (χ0v) is 67.2. The summed E-state index contributed by atoms with van der Waals surface area (Å²) in [6.07, 6.45) is 10.2. The SMILES string of the molecule is CC(C)C(Oc1ccc2c(c1)C(C)C(C)C2)OC1CCCCC1.CC1Cc2cc(OC(=O)OC(C)(C)C)ccc2C1C.CC1c2cccc3c(OCC(=O)OC(C)(C)C)ccc(c23)C1C.CCC(C)(C)Oc1ccc2c3c(cccc13)C(C)C2C.COC(Oc1ccc2c(c1)C(C)C(C)C2)C(C)C. The summed E-state index contributed by atoms with van der Waals surface area (Å²) in [7, 11) is 1.70. The van der Waals surface area contributed by atoms with Gasteiger partial charge in [0.15, 0.2) is 6.61 Å². The van der Waals surface area contributed by atoms with Crippen LogP contribution in [0.4, 0.5) is 4.79 Å². The second-order valence-electron chi connectivity index (χ2n) is 34.2. The van der Waals surface area contributed by atoms with Gasteiger partial charge in [0.05, 0.1) is 6.10 Å². The summed E-state index contributed by atoms with van der Waals surface area (Å²) in [4.78, 5) is 23.5. The van der Waals surface area contributed by atoms with E-state index in [1.54, 1.807) is 7.11 Å². The van der Waals surface area contributed by atoms with Gasteiger partial charge in [-0.25, -0.2) is 9.59 Å². The predicted molar refractivity (Wildman–Crippen MR) is 421 cm³/mol. The van der Waals surface area contributed by atoms with Gasteiger partial charge in [-0.05, 0) is 268 Å². The minimum Gasteiger partial charge on any atom is -0.487 e. The van der Waals surface area contributed by atoms with E-state index in [1.807, 2.05) is 59.7 Å². The van der Waals surface area contributed by atoms with Gasteiger partial charge in [-0.2, -0.15) is 0 Å². The van der Waals surface area contributed by atoms with Crippen LogP contribution in [0.15, 0.2) is 115 Å². The number of carbonyl (C=O) groups excluding carboxylic acids is 2. The Labute approximate surface area is 619 Å². The van der Waals surface area contributed by atoms with Crippen molar-refractivity contribution >= 4 is 33.7 Å². The standard InChI is InChI=1S/C21H32O2.C20H24O3.C19H24O.C16H22O3.C16H24O2/c1-14(2)21(22-18-8-6-5-7-9-18)23-19-11-10-17-12-15(3)16(4)20(17)13-19;1-12-13(2)15-9-10-17(16-8-6-7-14(12)19(15)16)22-11-18(21)23-20(3,4)5;1-6-19(4,5)20-17-11-10-15-13(3)12(2)14-8-7-9-16(17)18(14)15;1-10-8-12-9-13(6-7-14(12)11(10)2)18-15(17)19-16(3,4)5;1-10(2)16(17-5)18-14-7-6-13-8-11(3)12(4)15(13)9-14/h10-11,13-16,18,21H,5-9,12H2,1-4H3;6-10,12-13H,11H2,1-5H3;7-13H,6H2,1-5H3;6-7,9-11H,8H2,1-5H3;6-7,9-12,16H,8H2,1-5H3. The quantitative estimate of drug-likeness (QED) is 0.0523. The van der Waals surface area contributed by atoms with Gasteiger partial charge in [-0.1, -0.05) is 190 Å². The van der Waals surface area contributed by atoms with Crippen LogP contribution in [0.2, 0.25) is 0 Å². The molecule has 0 bridgehead atoms. The molecule has 0 radical (unpaired) electrons. The van der Waals surface area contributed by atoms with E-state index < -0.39 is 17.4 Å². The summed E-state index contributed by atoms with van der Waals surface area (Å²) < 4.78 is 51.5. The highest BCUT2D eigenvalue weighted by Crippen LogP contribution is 2.51. The third kappa shape index (κ3) is 19.9. The second-order valence-corrected chi connectivity index (χ2v) is 34.2. The lowest BCUT2D eigenvalue weighted by Gasteiger charge is -2.30. The molecular formula is C92H126O11.